The molecule has 1 aromatic heterocycles. The third-order valence-corrected chi connectivity index (χ3v) is 6.24. The van der Waals surface area contributed by atoms with Gasteiger partial charge in [-0.1, -0.05) is 24.4 Å². The number of piperidine rings is 1. The zero-order valence-corrected chi connectivity index (χ0v) is 17.9. The van der Waals surface area contributed by atoms with Crippen molar-refractivity contribution in [3.8, 4) is 0 Å². The van der Waals surface area contributed by atoms with Gasteiger partial charge < -0.3 is 15.1 Å². The molecule has 1 amide bonds. The van der Waals surface area contributed by atoms with E-state index in [1.807, 2.05) is 4.90 Å². The molecule has 1 aromatic rings. The Kier molecular flexibility index (Phi) is 8.22. The van der Waals surface area contributed by atoms with E-state index in [0.717, 1.165) is 38.3 Å². The lowest BCUT2D eigenvalue weighted by Gasteiger charge is -2.32. The third-order valence-electron chi connectivity index (χ3n) is 5.96. The number of pyridine rings is 1. The Morgan fingerprint density at radius 2 is 1.80 bits per heavy atom. The molecule has 0 radical (unpaired) electrons. The van der Waals surface area contributed by atoms with Crippen LogP contribution in [0, 0.1) is 5.92 Å². The minimum atomic E-state index is -4.46. The van der Waals surface area contributed by atoms with Crippen molar-refractivity contribution in [1.29, 1.82) is 0 Å². The van der Waals surface area contributed by atoms with Gasteiger partial charge in [-0.25, -0.2) is 4.98 Å². The van der Waals surface area contributed by atoms with Crippen molar-refractivity contribution in [2.45, 2.75) is 51.1 Å². The number of anilines is 1. The fourth-order valence-corrected chi connectivity index (χ4v) is 4.48. The molecular weight excluding hydrogens is 417 g/mol. The molecule has 3 heterocycles. The quantitative estimate of drug-likeness (QED) is 0.660. The van der Waals surface area contributed by atoms with Crippen LogP contribution in [0.15, 0.2) is 12.3 Å². The highest BCUT2D eigenvalue weighted by Crippen LogP contribution is 2.34. The number of likely N-dealkylation sites (tertiary alicyclic amines) is 1. The first-order valence-corrected chi connectivity index (χ1v) is 11.2. The number of aromatic nitrogens is 1. The van der Waals surface area contributed by atoms with Gasteiger partial charge in [0.25, 0.3) is 0 Å². The standard InChI is InChI=1S/C21H30ClF3N4O/c22-18-14-17(21(23,24)25)15-27-19(18)29-12-6-16(7-13-29)20(30)26-8-5-11-28-9-3-1-2-4-10-28/h14-16H,1-13H2,(H,26,30). The van der Waals surface area contributed by atoms with Crippen LogP contribution in [0.25, 0.3) is 0 Å². The number of hydrogen-bond donors (Lipinski definition) is 1. The zero-order chi connectivity index (χ0) is 21.6. The lowest BCUT2D eigenvalue weighted by Crippen LogP contribution is -2.41. The number of nitrogens with zero attached hydrogens (tertiary/aromatic N) is 3. The van der Waals surface area contributed by atoms with Crippen molar-refractivity contribution in [3.63, 3.8) is 0 Å². The lowest BCUT2D eigenvalue weighted by atomic mass is 9.96. The highest BCUT2D eigenvalue weighted by Gasteiger charge is 2.33. The van der Waals surface area contributed by atoms with Crippen molar-refractivity contribution in [2.75, 3.05) is 44.2 Å². The summed E-state index contributed by atoms with van der Waals surface area (Å²) in [7, 11) is 0. The van der Waals surface area contributed by atoms with E-state index in [1.54, 1.807) is 0 Å². The van der Waals surface area contributed by atoms with Crippen LogP contribution in [-0.2, 0) is 11.0 Å². The molecule has 168 valence electrons. The van der Waals surface area contributed by atoms with Crippen LogP contribution in [0.5, 0.6) is 0 Å². The summed E-state index contributed by atoms with van der Waals surface area (Å²) in [5, 5.41) is 3.03. The fourth-order valence-electron chi connectivity index (χ4n) is 4.19. The predicted octanol–water partition coefficient (Wildman–Crippen LogP) is 4.35. The van der Waals surface area contributed by atoms with Gasteiger partial charge in [-0.05, 0) is 57.8 Å². The number of hydrogen-bond acceptors (Lipinski definition) is 4. The number of carbonyl (C=O) groups excluding carboxylic acids is 1. The van der Waals surface area contributed by atoms with E-state index in [4.69, 9.17) is 11.6 Å². The van der Waals surface area contributed by atoms with Gasteiger partial charge in [0, 0.05) is 31.7 Å². The summed E-state index contributed by atoms with van der Waals surface area (Å²) in [5.41, 5.74) is -0.856. The summed E-state index contributed by atoms with van der Waals surface area (Å²) in [4.78, 5) is 20.7. The summed E-state index contributed by atoms with van der Waals surface area (Å²) >= 11 is 6.04. The van der Waals surface area contributed by atoms with Crippen LogP contribution in [0.4, 0.5) is 19.0 Å². The molecule has 0 atom stereocenters. The van der Waals surface area contributed by atoms with Crippen molar-refractivity contribution < 1.29 is 18.0 Å². The number of alkyl halides is 3. The molecule has 30 heavy (non-hydrogen) atoms. The number of amides is 1. The molecule has 0 unspecified atom stereocenters. The zero-order valence-electron chi connectivity index (χ0n) is 17.2. The van der Waals surface area contributed by atoms with Gasteiger partial charge in [-0.2, -0.15) is 13.2 Å². The maximum Gasteiger partial charge on any atom is 0.417 e. The van der Waals surface area contributed by atoms with Crippen LogP contribution >= 0.6 is 11.6 Å². The summed E-state index contributed by atoms with van der Waals surface area (Å²) in [6, 6.07) is 0.910. The number of carbonyl (C=O) groups is 1. The van der Waals surface area contributed by atoms with E-state index in [0.29, 0.717) is 38.3 Å². The molecule has 9 heteroatoms. The molecule has 0 bridgehead atoms. The Labute approximate surface area is 181 Å². The SMILES string of the molecule is O=C(NCCCN1CCCCCC1)C1CCN(c2ncc(C(F)(F)F)cc2Cl)CC1. The molecule has 1 N–H and O–H groups in total. The molecule has 2 fully saturated rings. The average Bonchev–Trinajstić information content (AvgIpc) is 2.99. The van der Waals surface area contributed by atoms with Gasteiger partial charge in [0.2, 0.25) is 5.91 Å². The smallest absolute Gasteiger partial charge is 0.356 e. The molecule has 2 aliphatic heterocycles. The Balaban J connectivity index is 1.40. The first-order valence-electron chi connectivity index (χ1n) is 10.8. The molecule has 2 aliphatic rings. The minimum Gasteiger partial charge on any atom is -0.356 e. The maximum absolute atomic E-state index is 12.8. The molecule has 0 spiro atoms. The second-order valence-electron chi connectivity index (χ2n) is 8.19. The van der Waals surface area contributed by atoms with Crippen LogP contribution in [-0.4, -0.2) is 55.1 Å². The first-order chi connectivity index (χ1) is 14.3. The monoisotopic (exact) mass is 446 g/mol. The molecule has 0 aliphatic carbocycles. The maximum atomic E-state index is 12.8. The van der Waals surface area contributed by atoms with Crippen molar-refractivity contribution >= 4 is 23.3 Å². The van der Waals surface area contributed by atoms with E-state index in [2.05, 4.69) is 15.2 Å². The van der Waals surface area contributed by atoms with Crippen LogP contribution in [0.2, 0.25) is 5.02 Å². The van der Waals surface area contributed by atoms with Crippen molar-refractivity contribution in [2.24, 2.45) is 5.92 Å². The highest BCUT2D eigenvalue weighted by molar-refractivity contribution is 6.33. The second-order valence-corrected chi connectivity index (χ2v) is 8.60. The molecular formula is C21H30ClF3N4O. The summed E-state index contributed by atoms with van der Waals surface area (Å²) in [5.74, 6) is 0.339. The van der Waals surface area contributed by atoms with Gasteiger partial charge in [0.15, 0.2) is 0 Å². The second kappa shape index (κ2) is 10.7. The van der Waals surface area contributed by atoms with E-state index >= 15 is 0 Å². The lowest BCUT2D eigenvalue weighted by molar-refractivity contribution is -0.137. The van der Waals surface area contributed by atoms with Crippen molar-refractivity contribution in [3.05, 3.63) is 22.8 Å². The Bertz CT molecular complexity index is 700. The minimum absolute atomic E-state index is 0.0127. The van der Waals surface area contributed by atoms with Gasteiger partial charge in [0.05, 0.1) is 10.6 Å². The van der Waals surface area contributed by atoms with Crippen LogP contribution < -0.4 is 10.2 Å². The van der Waals surface area contributed by atoms with Gasteiger partial charge in [0.1, 0.15) is 5.82 Å². The first kappa shape index (κ1) is 23.1. The molecule has 5 nitrogen and oxygen atoms in total. The van der Waals surface area contributed by atoms with Crippen molar-refractivity contribution in [1.82, 2.24) is 15.2 Å². The summed E-state index contributed by atoms with van der Waals surface area (Å²) < 4.78 is 38.3. The number of nitrogens with one attached hydrogen (secondary N) is 1. The largest absolute Gasteiger partial charge is 0.417 e. The molecule has 0 saturated carbocycles. The van der Waals surface area contributed by atoms with E-state index in [1.165, 1.54) is 25.7 Å². The predicted molar refractivity (Wildman–Crippen MR) is 112 cm³/mol. The Morgan fingerprint density at radius 3 is 2.40 bits per heavy atom. The van der Waals surface area contributed by atoms with Gasteiger partial charge in [-0.3, -0.25) is 4.79 Å². The number of halogens is 4. The van der Waals surface area contributed by atoms with Gasteiger partial charge >= 0.3 is 6.18 Å². The van der Waals surface area contributed by atoms with E-state index in [9.17, 15) is 18.0 Å². The van der Waals surface area contributed by atoms with Crippen LogP contribution in [0.3, 0.4) is 0 Å². The van der Waals surface area contributed by atoms with Crippen LogP contribution in [0.1, 0.15) is 50.5 Å². The third kappa shape index (κ3) is 6.48. The number of rotatable bonds is 6. The van der Waals surface area contributed by atoms with Gasteiger partial charge in [-0.15, -0.1) is 0 Å². The molecule has 3 rings (SSSR count). The normalized spacial score (nSPS) is 19.5. The molecule has 0 aromatic carbocycles. The molecule has 2 saturated heterocycles. The Hall–Kier alpha value is -1.54. The topological polar surface area (TPSA) is 48.5 Å². The fraction of sp³-hybridized carbons (Fsp3) is 0.714. The van der Waals surface area contributed by atoms with E-state index in [-0.39, 0.29) is 16.8 Å². The van der Waals surface area contributed by atoms with E-state index < -0.39 is 11.7 Å². The average molecular weight is 447 g/mol. The Morgan fingerprint density at radius 1 is 1.13 bits per heavy atom. The summed E-state index contributed by atoms with van der Waals surface area (Å²) in [6.45, 7) is 5.12. The highest BCUT2D eigenvalue weighted by atomic mass is 35.5. The summed E-state index contributed by atoms with van der Waals surface area (Å²) in [6.07, 6.45) is 3.74.